The van der Waals surface area contributed by atoms with Gasteiger partial charge in [-0.05, 0) is 37.1 Å². The zero-order valence-corrected chi connectivity index (χ0v) is 11.1. The van der Waals surface area contributed by atoms with E-state index in [1.807, 2.05) is 0 Å². The Morgan fingerprint density at radius 2 is 2.20 bits per heavy atom. The van der Waals surface area contributed by atoms with Crippen LogP contribution in [0.3, 0.4) is 0 Å². The third-order valence-electron chi connectivity index (χ3n) is 3.16. The zero-order chi connectivity index (χ0) is 14.7. The molecule has 2 rings (SSSR count). The van der Waals surface area contributed by atoms with Crippen molar-refractivity contribution in [3.63, 3.8) is 0 Å². The number of carbonyl (C=O) groups is 3. The summed E-state index contributed by atoms with van der Waals surface area (Å²) < 4.78 is 0. The van der Waals surface area contributed by atoms with Gasteiger partial charge in [-0.15, -0.1) is 0 Å². The Hall–Kier alpha value is -2.37. The van der Waals surface area contributed by atoms with E-state index in [1.54, 1.807) is 25.1 Å². The van der Waals surface area contributed by atoms with Gasteiger partial charge in [-0.2, -0.15) is 0 Å². The van der Waals surface area contributed by atoms with E-state index in [1.165, 1.54) is 0 Å². The highest BCUT2D eigenvalue weighted by Gasteiger charge is 2.19. The SMILES string of the molecule is CC(CCC(=O)O)NC(=O)c1ccc2c(c1)CC(=O)N2. The minimum atomic E-state index is -0.881. The van der Waals surface area contributed by atoms with Crippen molar-refractivity contribution in [2.45, 2.75) is 32.2 Å². The molecule has 1 aromatic carbocycles. The Morgan fingerprint density at radius 3 is 2.90 bits per heavy atom. The Bertz CT molecular complexity index is 568. The normalized spacial score (nSPS) is 14.3. The molecule has 1 aliphatic heterocycles. The van der Waals surface area contributed by atoms with E-state index in [0.29, 0.717) is 12.0 Å². The fourth-order valence-electron chi connectivity index (χ4n) is 2.09. The summed E-state index contributed by atoms with van der Waals surface area (Å²) in [6.45, 7) is 1.76. The summed E-state index contributed by atoms with van der Waals surface area (Å²) in [7, 11) is 0. The monoisotopic (exact) mass is 276 g/mol. The zero-order valence-electron chi connectivity index (χ0n) is 11.1. The molecule has 1 heterocycles. The van der Waals surface area contributed by atoms with Gasteiger partial charge >= 0.3 is 5.97 Å². The smallest absolute Gasteiger partial charge is 0.303 e. The van der Waals surface area contributed by atoms with Crippen molar-refractivity contribution in [2.75, 3.05) is 5.32 Å². The average Bonchev–Trinajstić information content (AvgIpc) is 2.75. The molecule has 0 spiro atoms. The van der Waals surface area contributed by atoms with Crippen LogP contribution in [0, 0.1) is 0 Å². The summed E-state index contributed by atoms with van der Waals surface area (Å²) >= 11 is 0. The van der Waals surface area contributed by atoms with Crippen LogP contribution in [0.1, 0.15) is 35.7 Å². The molecule has 1 unspecified atom stereocenters. The fraction of sp³-hybridized carbons (Fsp3) is 0.357. The highest BCUT2D eigenvalue weighted by Crippen LogP contribution is 2.23. The Kier molecular flexibility index (Phi) is 4.02. The second kappa shape index (κ2) is 5.73. The number of aliphatic carboxylic acids is 1. The maximum absolute atomic E-state index is 12.0. The quantitative estimate of drug-likeness (QED) is 0.752. The summed E-state index contributed by atoms with van der Waals surface area (Å²) in [5.74, 6) is -1.22. The van der Waals surface area contributed by atoms with Gasteiger partial charge in [0.1, 0.15) is 0 Å². The molecule has 0 saturated heterocycles. The number of hydrogen-bond donors (Lipinski definition) is 3. The Labute approximate surface area is 116 Å². The number of hydrogen-bond acceptors (Lipinski definition) is 3. The molecule has 0 aromatic heterocycles. The molecule has 20 heavy (non-hydrogen) atoms. The van der Waals surface area contributed by atoms with E-state index in [4.69, 9.17) is 5.11 Å². The van der Waals surface area contributed by atoms with Crippen LogP contribution in [0.15, 0.2) is 18.2 Å². The van der Waals surface area contributed by atoms with Crippen molar-refractivity contribution in [2.24, 2.45) is 0 Å². The number of carbonyl (C=O) groups excluding carboxylic acids is 2. The van der Waals surface area contributed by atoms with Gasteiger partial charge in [0.05, 0.1) is 6.42 Å². The Balaban J connectivity index is 1.98. The van der Waals surface area contributed by atoms with Crippen molar-refractivity contribution in [1.29, 1.82) is 0 Å². The summed E-state index contributed by atoms with van der Waals surface area (Å²) in [6.07, 6.45) is 0.682. The lowest BCUT2D eigenvalue weighted by Gasteiger charge is -2.13. The average molecular weight is 276 g/mol. The van der Waals surface area contributed by atoms with Crippen LogP contribution in [0.25, 0.3) is 0 Å². The van der Waals surface area contributed by atoms with Gasteiger partial charge in [-0.3, -0.25) is 14.4 Å². The first-order chi connectivity index (χ1) is 9.45. The number of nitrogens with one attached hydrogen (secondary N) is 2. The van der Waals surface area contributed by atoms with Crippen molar-refractivity contribution in [3.8, 4) is 0 Å². The lowest BCUT2D eigenvalue weighted by Crippen LogP contribution is -2.32. The molecule has 0 radical (unpaired) electrons. The van der Waals surface area contributed by atoms with Crippen molar-refractivity contribution < 1.29 is 19.5 Å². The standard InChI is InChI=1S/C14H16N2O4/c1-8(2-5-13(18)19)15-14(20)9-3-4-11-10(6-9)7-12(17)16-11/h3-4,6,8H,2,5,7H2,1H3,(H,15,20)(H,16,17)(H,18,19). The summed E-state index contributed by atoms with van der Waals surface area (Å²) in [5.41, 5.74) is 2.02. The van der Waals surface area contributed by atoms with Crippen LogP contribution < -0.4 is 10.6 Å². The van der Waals surface area contributed by atoms with E-state index < -0.39 is 5.97 Å². The number of rotatable bonds is 5. The summed E-state index contributed by atoms with van der Waals surface area (Å²) in [5, 5.41) is 14.0. The first-order valence-electron chi connectivity index (χ1n) is 6.41. The molecule has 0 fully saturated rings. The summed E-state index contributed by atoms with van der Waals surface area (Å²) in [6, 6.07) is 4.82. The maximum atomic E-state index is 12.0. The van der Waals surface area contributed by atoms with Gasteiger partial charge in [0, 0.05) is 23.7 Å². The van der Waals surface area contributed by atoms with E-state index in [9.17, 15) is 14.4 Å². The molecular formula is C14H16N2O4. The molecule has 1 aliphatic rings. The topological polar surface area (TPSA) is 95.5 Å². The lowest BCUT2D eigenvalue weighted by atomic mass is 10.1. The highest BCUT2D eigenvalue weighted by molar-refractivity contribution is 6.01. The predicted octanol–water partition coefficient (Wildman–Crippen LogP) is 1.16. The molecule has 6 nitrogen and oxygen atoms in total. The van der Waals surface area contributed by atoms with Crippen molar-refractivity contribution >= 4 is 23.5 Å². The van der Waals surface area contributed by atoms with E-state index in [0.717, 1.165) is 11.3 Å². The van der Waals surface area contributed by atoms with Gasteiger partial charge in [-0.1, -0.05) is 0 Å². The number of anilines is 1. The number of amides is 2. The first kappa shape index (κ1) is 14.0. The van der Waals surface area contributed by atoms with Crippen LogP contribution in [0.2, 0.25) is 0 Å². The van der Waals surface area contributed by atoms with Crippen LogP contribution >= 0.6 is 0 Å². The van der Waals surface area contributed by atoms with Crippen LogP contribution in [0.4, 0.5) is 5.69 Å². The predicted molar refractivity (Wildman–Crippen MR) is 72.6 cm³/mol. The number of benzene rings is 1. The van der Waals surface area contributed by atoms with Gasteiger partial charge in [0.15, 0.2) is 0 Å². The lowest BCUT2D eigenvalue weighted by molar-refractivity contribution is -0.137. The summed E-state index contributed by atoms with van der Waals surface area (Å²) in [4.78, 5) is 33.7. The van der Waals surface area contributed by atoms with Crippen LogP contribution in [-0.2, 0) is 16.0 Å². The third-order valence-corrected chi connectivity index (χ3v) is 3.16. The first-order valence-corrected chi connectivity index (χ1v) is 6.41. The minimum absolute atomic E-state index is 0.0179. The van der Waals surface area contributed by atoms with E-state index in [-0.39, 0.29) is 30.7 Å². The largest absolute Gasteiger partial charge is 0.481 e. The van der Waals surface area contributed by atoms with Crippen LogP contribution in [-0.4, -0.2) is 28.9 Å². The van der Waals surface area contributed by atoms with E-state index >= 15 is 0 Å². The number of fused-ring (bicyclic) bond motifs is 1. The fourth-order valence-corrected chi connectivity index (χ4v) is 2.09. The molecule has 3 N–H and O–H groups in total. The van der Waals surface area contributed by atoms with E-state index in [2.05, 4.69) is 10.6 Å². The molecule has 0 saturated carbocycles. The second-order valence-electron chi connectivity index (χ2n) is 4.90. The van der Waals surface area contributed by atoms with Crippen molar-refractivity contribution in [3.05, 3.63) is 29.3 Å². The van der Waals surface area contributed by atoms with Gasteiger partial charge in [-0.25, -0.2) is 0 Å². The molecule has 1 aromatic rings. The number of carboxylic acids is 1. The molecule has 6 heteroatoms. The molecule has 1 atom stereocenters. The highest BCUT2D eigenvalue weighted by atomic mass is 16.4. The molecule has 2 amide bonds. The van der Waals surface area contributed by atoms with Crippen LogP contribution in [0.5, 0.6) is 0 Å². The molecule has 106 valence electrons. The minimum Gasteiger partial charge on any atom is -0.481 e. The van der Waals surface area contributed by atoms with Gasteiger partial charge in [0.25, 0.3) is 5.91 Å². The molecule has 0 bridgehead atoms. The third kappa shape index (κ3) is 3.34. The number of carboxylic acid groups (broad SMARTS) is 1. The molecular weight excluding hydrogens is 260 g/mol. The van der Waals surface area contributed by atoms with Gasteiger partial charge < -0.3 is 15.7 Å². The second-order valence-corrected chi connectivity index (χ2v) is 4.90. The Morgan fingerprint density at radius 1 is 1.45 bits per heavy atom. The molecule has 0 aliphatic carbocycles. The van der Waals surface area contributed by atoms with Crippen molar-refractivity contribution in [1.82, 2.24) is 5.32 Å². The van der Waals surface area contributed by atoms with Gasteiger partial charge in [0.2, 0.25) is 5.91 Å². The maximum Gasteiger partial charge on any atom is 0.303 e.